The van der Waals surface area contributed by atoms with E-state index in [0.29, 0.717) is 19.6 Å². The third-order valence-corrected chi connectivity index (χ3v) is 2.99. The van der Waals surface area contributed by atoms with Crippen LogP contribution in [0.4, 0.5) is 0 Å². The number of allylic oxidation sites excluding steroid dienone is 1. The molecule has 1 aromatic carbocycles. The lowest BCUT2D eigenvalue weighted by Gasteiger charge is -2.06. The number of hydrogen-bond acceptors (Lipinski definition) is 2. The second kappa shape index (κ2) is 8.92. The van der Waals surface area contributed by atoms with Crippen molar-refractivity contribution in [1.29, 1.82) is 0 Å². The first-order chi connectivity index (χ1) is 9.11. The highest BCUT2D eigenvalue weighted by Gasteiger charge is 1.97. The molecule has 0 radical (unpaired) electrons. The predicted octanol–water partition coefficient (Wildman–Crippen LogP) is 4.13. The molecule has 0 aliphatic heterocycles. The lowest BCUT2D eigenvalue weighted by atomic mass is 10.1. The Morgan fingerprint density at radius 1 is 1.42 bits per heavy atom. The van der Waals surface area contributed by atoms with Gasteiger partial charge in [0.1, 0.15) is 0 Å². The van der Waals surface area contributed by atoms with Gasteiger partial charge in [0, 0.05) is 5.02 Å². The van der Waals surface area contributed by atoms with E-state index in [9.17, 15) is 5.11 Å². The van der Waals surface area contributed by atoms with Crippen LogP contribution in [0.1, 0.15) is 25.3 Å². The SMILES string of the molecule is C=CC(O)CC/C=C(/C)COCc1ccc(Cl)cc1. The van der Waals surface area contributed by atoms with Crippen molar-refractivity contribution >= 4 is 11.6 Å². The Morgan fingerprint density at radius 2 is 2.11 bits per heavy atom. The lowest BCUT2D eigenvalue weighted by Crippen LogP contribution is -2.00. The molecule has 1 rings (SSSR count). The van der Waals surface area contributed by atoms with Crippen LogP contribution in [-0.4, -0.2) is 17.8 Å². The summed E-state index contributed by atoms with van der Waals surface area (Å²) in [7, 11) is 0. The van der Waals surface area contributed by atoms with Gasteiger partial charge < -0.3 is 9.84 Å². The van der Waals surface area contributed by atoms with Crippen LogP contribution in [-0.2, 0) is 11.3 Å². The summed E-state index contributed by atoms with van der Waals surface area (Å²) in [5.41, 5.74) is 2.28. The van der Waals surface area contributed by atoms with E-state index in [1.165, 1.54) is 5.57 Å². The summed E-state index contributed by atoms with van der Waals surface area (Å²) in [6, 6.07) is 7.64. The molecule has 19 heavy (non-hydrogen) atoms. The van der Waals surface area contributed by atoms with E-state index in [1.54, 1.807) is 6.08 Å². The van der Waals surface area contributed by atoms with Gasteiger partial charge in [-0.25, -0.2) is 0 Å². The molecule has 0 fully saturated rings. The topological polar surface area (TPSA) is 29.5 Å². The summed E-state index contributed by atoms with van der Waals surface area (Å²) in [4.78, 5) is 0. The van der Waals surface area contributed by atoms with E-state index in [4.69, 9.17) is 16.3 Å². The number of aliphatic hydroxyl groups excluding tert-OH is 1. The van der Waals surface area contributed by atoms with Gasteiger partial charge in [-0.1, -0.05) is 41.5 Å². The zero-order valence-electron chi connectivity index (χ0n) is 11.3. The summed E-state index contributed by atoms with van der Waals surface area (Å²) < 4.78 is 5.61. The minimum absolute atomic E-state index is 0.418. The number of benzene rings is 1. The molecule has 104 valence electrons. The maximum Gasteiger partial charge on any atom is 0.0721 e. The van der Waals surface area contributed by atoms with Gasteiger partial charge in [0.15, 0.2) is 0 Å². The molecule has 0 amide bonds. The Bertz CT molecular complexity index is 409. The van der Waals surface area contributed by atoms with Crippen molar-refractivity contribution in [2.24, 2.45) is 0 Å². The molecule has 0 bridgehead atoms. The molecule has 0 saturated heterocycles. The molecular formula is C16H21ClO2. The van der Waals surface area contributed by atoms with Crippen LogP contribution in [0.2, 0.25) is 5.02 Å². The van der Waals surface area contributed by atoms with Crippen LogP contribution < -0.4 is 0 Å². The van der Waals surface area contributed by atoms with Crippen molar-refractivity contribution in [1.82, 2.24) is 0 Å². The third-order valence-electron chi connectivity index (χ3n) is 2.74. The second-order valence-electron chi connectivity index (χ2n) is 4.55. The largest absolute Gasteiger partial charge is 0.389 e. The van der Waals surface area contributed by atoms with Gasteiger partial charge in [0.25, 0.3) is 0 Å². The number of aliphatic hydroxyl groups is 1. The van der Waals surface area contributed by atoms with Crippen LogP contribution >= 0.6 is 11.6 Å². The van der Waals surface area contributed by atoms with E-state index in [-0.39, 0.29) is 0 Å². The molecule has 1 aromatic rings. The van der Waals surface area contributed by atoms with Crippen LogP contribution in [0.15, 0.2) is 48.6 Å². The first-order valence-electron chi connectivity index (χ1n) is 6.40. The fraction of sp³-hybridized carbons (Fsp3) is 0.375. The van der Waals surface area contributed by atoms with Gasteiger partial charge in [-0.2, -0.15) is 0 Å². The summed E-state index contributed by atoms with van der Waals surface area (Å²) in [6.07, 6.45) is 4.77. The predicted molar refractivity (Wildman–Crippen MR) is 80.3 cm³/mol. The minimum Gasteiger partial charge on any atom is -0.389 e. The standard InChI is InChI=1S/C16H21ClO2/c1-3-16(18)6-4-5-13(2)11-19-12-14-7-9-15(17)10-8-14/h3,5,7-10,16,18H,1,4,6,11-12H2,2H3/b13-5-. The van der Waals surface area contributed by atoms with E-state index in [1.807, 2.05) is 31.2 Å². The molecule has 0 spiro atoms. The third kappa shape index (κ3) is 7.16. The van der Waals surface area contributed by atoms with Crippen molar-refractivity contribution < 1.29 is 9.84 Å². The van der Waals surface area contributed by atoms with Crippen molar-refractivity contribution in [3.63, 3.8) is 0 Å². The first kappa shape index (κ1) is 16.0. The summed E-state index contributed by atoms with van der Waals surface area (Å²) >= 11 is 5.81. The quantitative estimate of drug-likeness (QED) is 0.726. The monoisotopic (exact) mass is 280 g/mol. The smallest absolute Gasteiger partial charge is 0.0721 e. The Kier molecular flexibility index (Phi) is 7.49. The maximum atomic E-state index is 9.33. The second-order valence-corrected chi connectivity index (χ2v) is 4.99. The summed E-state index contributed by atoms with van der Waals surface area (Å²) in [6.45, 7) is 6.76. The van der Waals surface area contributed by atoms with E-state index < -0.39 is 6.10 Å². The molecule has 0 heterocycles. The van der Waals surface area contributed by atoms with Gasteiger partial charge in [-0.05, 0) is 37.5 Å². The highest BCUT2D eigenvalue weighted by molar-refractivity contribution is 6.30. The molecule has 2 nitrogen and oxygen atoms in total. The van der Waals surface area contributed by atoms with Gasteiger partial charge >= 0.3 is 0 Å². The minimum atomic E-state index is -0.418. The van der Waals surface area contributed by atoms with Crippen LogP contribution in [0.25, 0.3) is 0 Å². The van der Waals surface area contributed by atoms with E-state index in [2.05, 4.69) is 12.7 Å². The maximum absolute atomic E-state index is 9.33. The van der Waals surface area contributed by atoms with Gasteiger partial charge in [-0.15, -0.1) is 6.58 Å². The molecule has 0 aliphatic rings. The van der Waals surface area contributed by atoms with E-state index >= 15 is 0 Å². The van der Waals surface area contributed by atoms with Crippen LogP contribution in [0.3, 0.4) is 0 Å². The van der Waals surface area contributed by atoms with Crippen molar-refractivity contribution in [3.05, 3.63) is 59.2 Å². The molecule has 0 saturated carbocycles. The summed E-state index contributed by atoms with van der Waals surface area (Å²) in [5.74, 6) is 0. The highest BCUT2D eigenvalue weighted by atomic mass is 35.5. The molecule has 0 aromatic heterocycles. The Hall–Kier alpha value is -1.09. The van der Waals surface area contributed by atoms with E-state index in [0.717, 1.165) is 17.0 Å². The van der Waals surface area contributed by atoms with Crippen LogP contribution in [0.5, 0.6) is 0 Å². The van der Waals surface area contributed by atoms with Gasteiger partial charge in [0.05, 0.1) is 19.3 Å². The number of hydrogen-bond donors (Lipinski definition) is 1. The Labute approximate surface area is 120 Å². The number of halogens is 1. The van der Waals surface area contributed by atoms with Gasteiger partial charge in [0.2, 0.25) is 0 Å². The summed E-state index contributed by atoms with van der Waals surface area (Å²) in [5, 5.41) is 10.1. The fourth-order valence-corrected chi connectivity index (χ4v) is 1.71. The normalized spacial score (nSPS) is 13.3. The van der Waals surface area contributed by atoms with Crippen molar-refractivity contribution in [2.75, 3.05) is 6.61 Å². The van der Waals surface area contributed by atoms with Gasteiger partial charge in [-0.3, -0.25) is 0 Å². The zero-order valence-corrected chi connectivity index (χ0v) is 12.1. The Balaban J connectivity index is 2.22. The number of rotatable bonds is 8. The molecule has 0 aliphatic carbocycles. The fourth-order valence-electron chi connectivity index (χ4n) is 1.59. The Morgan fingerprint density at radius 3 is 2.74 bits per heavy atom. The van der Waals surface area contributed by atoms with Crippen molar-refractivity contribution in [3.8, 4) is 0 Å². The molecule has 1 atom stereocenters. The molecule has 1 unspecified atom stereocenters. The van der Waals surface area contributed by atoms with Crippen LogP contribution in [0, 0.1) is 0 Å². The van der Waals surface area contributed by atoms with Crippen molar-refractivity contribution in [2.45, 2.75) is 32.5 Å². The number of ether oxygens (including phenoxy) is 1. The average molecular weight is 281 g/mol. The lowest BCUT2D eigenvalue weighted by molar-refractivity contribution is 0.142. The zero-order chi connectivity index (χ0) is 14.1. The molecule has 1 N–H and O–H groups in total. The molecular weight excluding hydrogens is 260 g/mol. The average Bonchev–Trinajstić information content (AvgIpc) is 2.41. The first-order valence-corrected chi connectivity index (χ1v) is 6.78. The highest BCUT2D eigenvalue weighted by Crippen LogP contribution is 2.11. The molecule has 3 heteroatoms.